The third kappa shape index (κ3) is 3.33. The van der Waals surface area contributed by atoms with Crippen molar-refractivity contribution in [3.05, 3.63) is 59.4 Å². The van der Waals surface area contributed by atoms with E-state index >= 15 is 0 Å². The number of methoxy groups -OCH3 is 1. The number of esters is 1. The Morgan fingerprint density at radius 2 is 1.80 bits per heavy atom. The van der Waals surface area contributed by atoms with Crippen LogP contribution in [0.15, 0.2) is 42.6 Å². The lowest BCUT2D eigenvalue weighted by molar-refractivity contribution is 0.0601. The molecule has 126 valence electrons. The van der Waals surface area contributed by atoms with Crippen molar-refractivity contribution in [1.29, 1.82) is 0 Å². The van der Waals surface area contributed by atoms with E-state index < -0.39 is 5.97 Å². The number of ether oxygens (including phenoxy) is 1. The van der Waals surface area contributed by atoms with Crippen molar-refractivity contribution in [2.45, 2.75) is 13.8 Å². The summed E-state index contributed by atoms with van der Waals surface area (Å²) < 4.78 is 4.85. The summed E-state index contributed by atoms with van der Waals surface area (Å²) in [6, 6.07) is 10.7. The molecular weight excluding hydrogens is 318 g/mol. The Kier molecular flexibility index (Phi) is 4.43. The van der Waals surface area contributed by atoms with Crippen molar-refractivity contribution in [2.75, 3.05) is 12.4 Å². The Balaban J connectivity index is 2.11. The minimum absolute atomic E-state index is 0.00386. The van der Waals surface area contributed by atoms with Gasteiger partial charge in [0.25, 0.3) is 0 Å². The van der Waals surface area contributed by atoms with E-state index in [0.717, 1.165) is 11.4 Å². The molecule has 6 nitrogen and oxygen atoms in total. The number of carbonyl (C=O) groups is 2. The monoisotopic (exact) mass is 335 g/mol. The first kappa shape index (κ1) is 16.6. The zero-order valence-corrected chi connectivity index (χ0v) is 14.2. The Bertz CT molecular complexity index is 966. The average molecular weight is 335 g/mol. The highest BCUT2D eigenvalue weighted by Gasteiger charge is 2.17. The van der Waals surface area contributed by atoms with Crippen LogP contribution in [-0.4, -0.2) is 28.8 Å². The van der Waals surface area contributed by atoms with Crippen LogP contribution in [0.1, 0.15) is 33.3 Å². The van der Waals surface area contributed by atoms with Crippen LogP contribution in [0.25, 0.3) is 11.0 Å². The fourth-order valence-corrected chi connectivity index (χ4v) is 2.50. The molecule has 1 N–H and O–H groups in total. The smallest absolute Gasteiger partial charge is 0.341 e. The number of hydrogen-bond donors (Lipinski definition) is 1. The number of aromatic nitrogens is 2. The van der Waals surface area contributed by atoms with Gasteiger partial charge in [0.1, 0.15) is 5.56 Å². The maximum Gasteiger partial charge on any atom is 0.341 e. The number of nitrogens with zero attached hydrogens (tertiary/aromatic N) is 2. The molecule has 0 bridgehead atoms. The number of nitrogens with one attached hydrogen (secondary N) is 1. The molecule has 0 radical (unpaired) electrons. The Labute approximate surface area is 144 Å². The van der Waals surface area contributed by atoms with E-state index in [1.165, 1.54) is 20.2 Å². The summed E-state index contributed by atoms with van der Waals surface area (Å²) in [5.74, 6) is -0.492. The van der Waals surface area contributed by atoms with E-state index in [4.69, 9.17) is 4.74 Å². The number of rotatable bonds is 4. The quantitative estimate of drug-likeness (QED) is 0.579. The molecule has 2 heterocycles. The zero-order chi connectivity index (χ0) is 18.0. The molecule has 25 heavy (non-hydrogen) atoms. The molecular formula is C19H17N3O3. The van der Waals surface area contributed by atoms with Gasteiger partial charge in [-0.05, 0) is 50.2 Å². The summed E-state index contributed by atoms with van der Waals surface area (Å²) in [5, 5.41) is 3.94. The van der Waals surface area contributed by atoms with Gasteiger partial charge < -0.3 is 10.1 Å². The van der Waals surface area contributed by atoms with Crippen molar-refractivity contribution in [2.24, 2.45) is 0 Å². The fraction of sp³-hybridized carbons (Fsp3) is 0.158. The fourth-order valence-electron chi connectivity index (χ4n) is 2.50. The Morgan fingerprint density at radius 1 is 1.08 bits per heavy atom. The number of pyridine rings is 2. The van der Waals surface area contributed by atoms with E-state index in [2.05, 4.69) is 15.3 Å². The first-order valence-electron chi connectivity index (χ1n) is 7.72. The lowest BCUT2D eigenvalue weighted by Gasteiger charge is -2.13. The summed E-state index contributed by atoms with van der Waals surface area (Å²) in [6.45, 7) is 3.39. The molecule has 0 saturated heterocycles. The zero-order valence-electron chi connectivity index (χ0n) is 14.2. The third-order valence-electron chi connectivity index (χ3n) is 3.84. The van der Waals surface area contributed by atoms with Crippen LogP contribution in [0.2, 0.25) is 0 Å². The van der Waals surface area contributed by atoms with E-state index in [0.29, 0.717) is 27.8 Å². The molecule has 0 aliphatic carbocycles. The molecule has 6 heteroatoms. The van der Waals surface area contributed by atoms with Crippen LogP contribution in [0.3, 0.4) is 0 Å². The van der Waals surface area contributed by atoms with Gasteiger partial charge in [-0.3, -0.25) is 4.79 Å². The van der Waals surface area contributed by atoms with Gasteiger partial charge in [-0.2, -0.15) is 0 Å². The van der Waals surface area contributed by atoms with Crippen molar-refractivity contribution in [1.82, 2.24) is 9.97 Å². The first-order chi connectivity index (χ1) is 12.0. The lowest BCUT2D eigenvalue weighted by Crippen LogP contribution is -2.08. The Morgan fingerprint density at radius 3 is 2.44 bits per heavy atom. The molecule has 0 atom stereocenters. The molecule has 0 spiro atoms. The number of carbonyl (C=O) groups excluding carboxylic acids is 2. The summed E-state index contributed by atoms with van der Waals surface area (Å²) >= 11 is 0. The van der Waals surface area contributed by atoms with E-state index in [9.17, 15) is 9.59 Å². The first-order valence-corrected chi connectivity index (χ1v) is 7.72. The third-order valence-corrected chi connectivity index (χ3v) is 3.84. The van der Waals surface area contributed by atoms with Gasteiger partial charge in [-0.15, -0.1) is 0 Å². The van der Waals surface area contributed by atoms with E-state index in [1.54, 1.807) is 24.3 Å². The lowest BCUT2D eigenvalue weighted by atomic mass is 10.1. The SMILES string of the molecule is COC(=O)c1cnc2nc(C)ccc2c1Nc1ccc(C(C)=O)cc1. The molecule has 3 aromatic rings. The molecule has 0 saturated carbocycles. The van der Waals surface area contributed by atoms with Gasteiger partial charge in [0, 0.05) is 28.5 Å². The summed E-state index contributed by atoms with van der Waals surface area (Å²) in [7, 11) is 1.32. The molecule has 0 aliphatic heterocycles. The van der Waals surface area contributed by atoms with E-state index in [-0.39, 0.29) is 5.78 Å². The maximum absolute atomic E-state index is 12.1. The van der Waals surface area contributed by atoms with Gasteiger partial charge in [0.15, 0.2) is 11.4 Å². The number of ketones is 1. The van der Waals surface area contributed by atoms with Crippen LogP contribution in [-0.2, 0) is 4.74 Å². The Hall–Kier alpha value is -3.28. The number of benzene rings is 1. The molecule has 0 amide bonds. The highest BCUT2D eigenvalue weighted by atomic mass is 16.5. The number of Topliss-reactive ketones (excluding diaryl/α,β-unsaturated/α-hetero) is 1. The predicted molar refractivity (Wildman–Crippen MR) is 95.3 cm³/mol. The second kappa shape index (κ2) is 6.68. The molecule has 0 fully saturated rings. The largest absolute Gasteiger partial charge is 0.465 e. The van der Waals surface area contributed by atoms with Crippen molar-refractivity contribution in [3.8, 4) is 0 Å². The van der Waals surface area contributed by atoms with Gasteiger partial charge in [-0.1, -0.05) is 0 Å². The molecule has 0 unspecified atom stereocenters. The maximum atomic E-state index is 12.1. The predicted octanol–water partition coefficient (Wildman–Crippen LogP) is 3.67. The standard InChI is InChI=1S/C19H17N3O3/c1-11-4-9-15-17(16(19(24)25-3)10-20-18(15)21-11)22-14-7-5-13(6-8-14)12(2)23/h4-10H,1-3H3,(H,20,21,22). The number of hydrogen-bond acceptors (Lipinski definition) is 6. The van der Waals surface area contributed by atoms with Crippen LogP contribution in [0.5, 0.6) is 0 Å². The summed E-state index contributed by atoms with van der Waals surface area (Å²) in [6.07, 6.45) is 1.45. The second-order valence-electron chi connectivity index (χ2n) is 5.62. The number of aryl methyl sites for hydroxylation is 1. The average Bonchev–Trinajstić information content (AvgIpc) is 2.61. The van der Waals surface area contributed by atoms with Gasteiger partial charge >= 0.3 is 5.97 Å². The minimum atomic E-state index is -0.488. The van der Waals surface area contributed by atoms with E-state index in [1.807, 2.05) is 19.1 Å². The summed E-state index contributed by atoms with van der Waals surface area (Å²) in [4.78, 5) is 32.2. The summed E-state index contributed by atoms with van der Waals surface area (Å²) in [5.41, 5.74) is 3.62. The minimum Gasteiger partial charge on any atom is -0.465 e. The van der Waals surface area contributed by atoms with Crippen molar-refractivity contribution < 1.29 is 14.3 Å². The van der Waals surface area contributed by atoms with Crippen molar-refractivity contribution >= 4 is 34.2 Å². The molecule has 0 aliphatic rings. The van der Waals surface area contributed by atoms with Gasteiger partial charge in [0.05, 0.1) is 12.8 Å². The second-order valence-corrected chi connectivity index (χ2v) is 5.62. The highest BCUT2D eigenvalue weighted by Crippen LogP contribution is 2.29. The number of anilines is 2. The van der Waals surface area contributed by atoms with Crippen LogP contribution < -0.4 is 5.32 Å². The van der Waals surface area contributed by atoms with Crippen molar-refractivity contribution in [3.63, 3.8) is 0 Å². The highest BCUT2D eigenvalue weighted by molar-refractivity contribution is 6.05. The molecule has 2 aromatic heterocycles. The number of fused-ring (bicyclic) bond motifs is 1. The van der Waals surface area contributed by atoms with Gasteiger partial charge in [0.2, 0.25) is 0 Å². The van der Waals surface area contributed by atoms with Crippen LogP contribution in [0, 0.1) is 6.92 Å². The van der Waals surface area contributed by atoms with Crippen LogP contribution >= 0.6 is 0 Å². The van der Waals surface area contributed by atoms with Gasteiger partial charge in [-0.25, -0.2) is 14.8 Å². The topological polar surface area (TPSA) is 81.2 Å². The normalized spacial score (nSPS) is 10.5. The molecule has 3 rings (SSSR count). The van der Waals surface area contributed by atoms with Crippen LogP contribution in [0.4, 0.5) is 11.4 Å². The molecule has 1 aromatic carbocycles.